The molecule has 1 aromatic carbocycles. The summed E-state index contributed by atoms with van der Waals surface area (Å²) in [4.78, 5) is 20.6. The highest BCUT2D eigenvalue weighted by Gasteiger charge is 2.26. The van der Waals surface area contributed by atoms with Crippen LogP contribution in [0.5, 0.6) is 0 Å². The molecule has 0 spiro atoms. The second kappa shape index (κ2) is 6.60. The number of hydrogen-bond donors (Lipinski definition) is 1. The number of aromatic amines is 1. The van der Waals surface area contributed by atoms with Gasteiger partial charge in [-0.05, 0) is 45.4 Å². The van der Waals surface area contributed by atoms with Gasteiger partial charge >= 0.3 is 11.6 Å². The number of aromatic nitrogens is 5. The molecule has 3 N–H and O–H groups in total. The maximum atomic E-state index is 12.9. The molecule has 3 aromatic heterocycles. The summed E-state index contributed by atoms with van der Waals surface area (Å²) in [6, 6.07) is 13.8. The number of nitrogen functional groups attached to an aromatic ring is 1. The lowest BCUT2D eigenvalue weighted by Gasteiger charge is -2.10. The van der Waals surface area contributed by atoms with Crippen molar-refractivity contribution in [1.29, 1.82) is 0 Å². The minimum Gasteiger partial charge on any atom is -0.290 e. The molecule has 0 unspecified atom stereocenters. The van der Waals surface area contributed by atoms with E-state index in [4.69, 9.17) is 5.73 Å². The van der Waals surface area contributed by atoms with Crippen LogP contribution in [0, 0.1) is 13.8 Å². The minimum atomic E-state index is -0.262. The summed E-state index contributed by atoms with van der Waals surface area (Å²) >= 11 is 0. The molecule has 0 aliphatic rings. The van der Waals surface area contributed by atoms with Crippen molar-refractivity contribution in [1.82, 2.24) is 19.2 Å². The standard InChI is InChI=1S/C21H22N6O/c1-12(2)27-21(28)26-19(25-27)17(16-10-13(3)23-14(4)11-16)18(24-20(26)22)15-8-6-5-7-9-15/h5-12H,1-4H3,(H2,22,24)/p+1. The Kier molecular flexibility index (Phi) is 4.22. The Bertz CT molecular complexity index is 1220. The van der Waals surface area contributed by atoms with Gasteiger partial charge < -0.3 is 0 Å². The Hall–Kier alpha value is -3.48. The molecule has 0 saturated heterocycles. The van der Waals surface area contributed by atoms with Crippen molar-refractivity contribution in [3.8, 4) is 22.4 Å². The third kappa shape index (κ3) is 2.85. The highest BCUT2D eigenvalue weighted by molar-refractivity contribution is 5.88. The number of fused-ring (bicyclic) bond motifs is 1. The van der Waals surface area contributed by atoms with Gasteiger partial charge in [-0.3, -0.25) is 10.7 Å². The number of nitrogens with one attached hydrogen (secondary N) is 1. The van der Waals surface area contributed by atoms with E-state index in [1.54, 1.807) is 0 Å². The van der Waals surface area contributed by atoms with E-state index in [0.717, 1.165) is 33.8 Å². The molecule has 0 aliphatic carbocycles. The zero-order valence-corrected chi connectivity index (χ0v) is 16.4. The number of benzene rings is 1. The van der Waals surface area contributed by atoms with Crippen LogP contribution in [0.3, 0.4) is 0 Å². The third-order valence-corrected chi connectivity index (χ3v) is 4.69. The van der Waals surface area contributed by atoms with Gasteiger partial charge in [0.15, 0.2) is 0 Å². The van der Waals surface area contributed by atoms with E-state index < -0.39 is 0 Å². The maximum Gasteiger partial charge on any atom is 0.411 e. The van der Waals surface area contributed by atoms with E-state index in [-0.39, 0.29) is 17.7 Å². The highest BCUT2D eigenvalue weighted by atomic mass is 16.2. The molecular formula is C21H23N6O+. The van der Waals surface area contributed by atoms with Crippen molar-refractivity contribution >= 4 is 11.6 Å². The summed E-state index contributed by atoms with van der Waals surface area (Å²) in [6.07, 6.45) is 0. The molecule has 3 heterocycles. The number of hydrogen-bond acceptors (Lipinski definition) is 4. The van der Waals surface area contributed by atoms with Crippen LogP contribution in [0.1, 0.15) is 31.3 Å². The largest absolute Gasteiger partial charge is 0.411 e. The molecule has 0 atom stereocenters. The minimum absolute atomic E-state index is 0.0827. The van der Waals surface area contributed by atoms with E-state index >= 15 is 0 Å². The van der Waals surface area contributed by atoms with Crippen molar-refractivity contribution in [3.05, 3.63) is 64.3 Å². The first kappa shape index (κ1) is 17.9. The van der Waals surface area contributed by atoms with Crippen LogP contribution in [-0.2, 0) is 0 Å². The van der Waals surface area contributed by atoms with Crippen molar-refractivity contribution in [2.24, 2.45) is 0 Å². The normalized spacial score (nSPS) is 11.5. The summed E-state index contributed by atoms with van der Waals surface area (Å²) in [6.45, 7) is 7.75. The predicted octanol–water partition coefficient (Wildman–Crippen LogP) is 2.82. The number of nitrogens with zero attached hydrogens (tertiary/aromatic N) is 4. The number of nitrogens with two attached hydrogens (primary N) is 1. The molecule has 4 aromatic rings. The SMILES string of the molecule is Cc1cc(-c2c(-c3ccccc3)[nH+]c(N)n3c(=O)n(C(C)C)nc23)cc(C)n1. The number of aryl methyl sites for hydroxylation is 2. The predicted molar refractivity (Wildman–Crippen MR) is 109 cm³/mol. The van der Waals surface area contributed by atoms with Crippen LogP contribution in [-0.4, -0.2) is 19.2 Å². The molecular weight excluding hydrogens is 352 g/mol. The Balaban J connectivity index is 2.19. The average molecular weight is 375 g/mol. The van der Waals surface area contributed by atoms with E-state index in [1.807, 2.05) is 70.2 Å². The quantitative estimate of drug-likeness (QED) is 0.596. The van der Waals surface area contributed by atoms with Gasteiger partial charge in [-0.1, -0.05) is 30.3 Å². The molecule has 0 fully saturated rings. The van der Waals surface area contributed by atoms with E-state index in [0.29, 0.717) is 5.65 Å². The molecule has 0 aliphatic heterocycles. The first-order chi connectivity index (χ1) is 13.4. The average Bonchev–Trinajstić information content (AvgIpc) is 2.99. The van der Waals surface area contributed by atoms with Gasteiger partial charge in [-0.15, -0.1) is 9.50 Å². The third-order valence-electron chi connectivity index (χ3n) is 4.69. The number of anilines is 1. The monoisotopic (exact) mass is 375 g/mol. The first-order valence-electron chi connectivity index (χ1n) is 9.24. The second-order valence-corrected chi connectivity index (χ2v) is 7.24. The van der Waals surface area contributed by atoms with E-state index in [2.05, 4.69) is 15.1 Å². The van der Waals surface area contributed by atoms with Crippen LogP contribution in [0.4, 0.5) is 5.95 Å². The topological polar surface area (TPSA) is 92.3 Å². The van der Waals surface area contributed by atoms with Crippen LogP contribution in [0.15, 0.2) is 47.3 Å². The Morgan fingerprint density at radius 3 is 2.29 bits per heavy atom. The van der Waals surface area contributed by atoms with E-state index in [1.165, 1.54) is 9.08 Å². The van der Waals surface area contributed by atoms with Crippen molar-refractivity contribution in [2.45, 2.75) is 33.7 Å². The van der Waals surface area contributed by atoms with Gasteiger partial charge in [0, 0.05) is 17.0 Å². The van der Waals surface area contributed by atoms with Gasteiger partial charge in [0.2, 0.25) is 5.65 Å². The zero-order chi connectivity index (χ0) is 20.0. The van der Waals surface area contributed by atoms with Crippen molar-refractivity contribution in [3.63, 3.8) is 0 Å². The van der Waals surface area contributed by atoms with Gasteiger partial charge in [-0.25, -0.2) is 9.78 Å². The van der Waals surface area contributed by atoms with Gasteiger partial charge in [0.1, 0.15) is 5.69 Å². The van der Waals surface area contributed by atoms with Crippen LogP contribution in [0.25, 0.3) is 28.0 Å². The van der Waals surface area contributed by atoms with Crippen LogP contribution in [0.2, 0.25) is 0 Å². The summed E-state index contributed by atoms with van der Waals surface area (Å²) in [7, 11) is 0. The fourth-order valence-electron chi connectivity index (χ4n) is 3.53. The maximum absolute atomic E-state index is 12.9. The summed E-state index contributed by atoms with van der Waals surface area (Å²) in [5.41, 5.74) is 11.9. The molecule has 4 rings (SSSR count). The van der Waals surface area contributed by atoms with Crippen LogP contribution >= 0.6 is 0 Å². The van der Waals surface area contributed by atoms with Crippen LogP contribution < -0.4 is 16.4 Å². The molecule has 7 heteroatoms. The Morgan fingerprint density at radius 1 is 1.04 bits per heavy atom. The molecule has 7 nitrogen and oxygen atoms in total. The summed E-state index contributed by atoms with van der Waals surface area (Å²) in [5, 5.41) is 4.64. The number of H-pyrrole nitrogens is 1. The Labute approximate surface area is 162 Å². The fourth-order valence-corrected chi connectivity index (χ4v) is 3.53. The summed E-state index contributed by atoms with van der Waals surface area (Å²) in [5.74, 6) is 0.247. The fraction of sp³-hybridized carbons (Fsp3) is 0.238. The molecule has 0 saturated carbocycles. The van der Waals surface area contributed by atoms with Gasteiger partial charge in [0.25, 0.3) is 0 Å². The first-order valence-corrected chi connectivity index (χ1v) is 9.24. The highest BCUT2D eigenvalue weighted by Crippen LogP contribution is 2.33. The van der Waals surface area contributed by atoms with Crippen molar-refractivity contribution < 1.29 is 4.98 Å². The molecule has 0 radical (unpaired) electrons. The molecule has 0 bridgehead atoms. The smallest absolute Gasteiger partial charge is 0.290 e. The van der Waals surface area contributed by atoms with Crippen molar-refractivity contribution in [2.75, 3.05) is 5.73 Å². The second-order valence-electron chi connectivity index (χ2n) is 7.24. The summed E-state index contributed by atoms with van der Waals surface area (Å²) < 4.78 is 2.89. The number of pyridine rings is 1. The van der Waals surface area contributed by atoms with Gasteiger partial charge in [-0.2, -0.15) is 4.68 Å². The Morgan fingerprint density at radius 2 is 1.68 bits per heavy atom. The number of rotatable bonds is 3. The lowest BCUT2D eigenvalue weighted by atomic mass is 9.99. The molecule has 28 heavy (non-hydrogen) atoms. The zero-order valence-electron chi connectivity index (χ0n) is 16.4. The van der Waals surface area contributed by atoms with Gasteiger partial charge in [0.05, 0.1) is 11.6 Å². The molecule has 0 amide bonds. The lowest BCUT2D eigenvalue weighted by Crippen LogP contribution is -2.28. The van der Waals surface area contributed by atoms with E-state index in [9.17, 15) is 4.79 Å². The molecule has 142 valence electrons. The lowest BCUT2D eigenvalue weighted by molar-refractivity contribution is -0.351.